The van der Waals surface area contributed by atoms with E-state index < -0.39 is 0 Å². The molecule has 0 atom stereocenters. The maximum Gasteiger partial charge on any atom is 0.216 e. The zero-order valence-corrected chi connectivity index (χ0v) is 16.2. The first kappa shape index (κ1) is 18.1. The van der Waals surface area contributed by atoms with E-state index in [1.807, 2.05) is 30.3 Å². The molecule has 0 bridgehead atoms. The van der Waals surface area contributed by atoms with Gasteiger partial charge in [0.05, 0.1) is 5.39 Å². The van der Waals surface area contributed by atoms with Crippen molar-refractivity contribution in [2.75, 3.05) is 18.4 Å². The van der Waals surface area contributed by atoms with Crippen LogP contribution in [0.15, 0.2) is 60.2 Å². The van der Waals surface area contributed by atoms with Crippen molar-refractivity contribution in [2.45, 2.75) is 6.92 Å². The van der Waals surface area contributed by atoms with Crippen LogP contribution in [-0.2, 0) is 4.79 Å². The summed E-state index contributed by atoms with van der Waals surface area (Å²) in [6, 6.07) is 14.0. The Morgan fingerprint density at radius 2 is 1.86 bits per heavy atom. The molecule has 0 fully saturated rings. The normalized spacial score (nSPS) is 10.8. The zero-order chi connectivity index (χ0) is 19.3. The number of fused-ring (bicyclic) bond motifs is 1. The Kier molecular flexibility index (Phi) is 5.25. The largest absolute Gasteiger partial charge is 0.368 e. The summed E-state index contributed by atoms with van der Waals surface area (Å²) < 4.78 is 0. The van der Waals surface area contributed by atoms with Crippen LogP contribution in [-0.4, -0.2) is 33.9 Å². The smallest absolute Gasteiger partial charge is 0.216 e. The lowest BCUT2D eigenvalue weighted by molar-refractivity contribution is -0.118. The van der Waals surface area contributed by atoms with E-state index >= 15 is 0 Å². The van der Waals surface area contributed by atoms with Crippen molar-refractivity contribution in [1.82, 2.24) is 20.3 Å². The van der Waals surface area contributed by atoms with Crippen LogP contribution >= 0.6 is 11.3 Å². The molecular formula is C21H19N5OS. The monoisotopic (exact) mass is 389 g/mol. The molecule has 1 amide bonds. The second-order valence-electron chi connectivity index (χ2n) is 6.24. The number of pyridine rings is 1. The fourth-order valence-electron chi connectivity index (χ4n) is 2.94. The number of aromatic nitrogens is 3. The average Bonchev–Trinajstić information content (AvgIpc) is 3.16. The van der Waals surface area contributed by atoms with Gasteiger partial charge in [-0.3, -0.25) is 9.78 Å². The molecule has 6 nitrogen and oxygen atoms in total. The second-order valence-corrected chi connectivity index (χ2v) is 7.10. The molecule has 0 saturated heterocycles. The van der Waals surface area contributed by atoms with E-state index in [2.05, 4.69) is 33.1 Å². The highest BCUT2D eigenvalue weighted by Crippen LogP contribution is 2.37. The molecule has 3 heterocycles. The Labute approximate surface area is 166 Å². The maximum absolute atomic E-state index is 11.1. The van der Waals surface area contributed by atoms with Crippen molar-refractivity contribution >= 4 is 33.3 Å². The topological polar surface area (TPSA) is 79.8 Å². The average molecular weight is 389 g/mol. The van der Waals surface area contributed by atoms with Crippen LogP contribution in [0.25, 0.3) is 32.7 Å². The predicted molar refractivity (Wildman–Crippen MR) is 113 cm³/mol. The highest BCUT2D eigenvalue weighted by Gasteiger charge is 2.16. The number of amides is 1. The van der Waals surface area contributed by atoms with Gasteiger partial charge >= 0.3 is 0 Å². The minimum atomic E-state index is -0.0498. The highest BCUT2D eigenvalue weighted by molar-refractivity contribution is 7.17. The molecule has 2 N–H and O–H groups in total. The third kappa shape index (κ3) is 3.84. The van der Waals surface area contributed by atoms with Crippen LogP contribution in [0, 0.1) is 0 Å². The summed E-state index contributed by atoms with van der Waals surface area (Å²) in [4.78, 5) is 25.8. The fraction of sp³-hybridized carbons (Fsp3) is 0.143. The van der Waals surface area contributed by atoms with Gasteiger partial charge in [-0.05, 0) is 17.7 Å². The van der Waals surface area contributed by atoms with E-state index in [0.29, 0.717) is 18.9 Å². The molecule has 0 aliphatic heterocycles. The molecule has 1 aromatic carbocycles. The quantitative estimate of drug-likeness (QED) is 0.488. The Balaban J connectivity index is 1.78. The number of benzene rings is 1. The van der Waals surface area contributed by atoms with E-state index in [9.17, 15) is 4.79 Å². The van der Waals surface area contributed by atoms with E-state index in [1.54, 1.807) is 23.7 Å². The van der Waals surface area contributed by atoms with Gasteiger partial charge < -0.3 is 10.6 Å². The van der Waals surface area contributed by atoms with Gasteiger partial charge in [0.2, 0.25) is 5.91 Å². The van der Waals surface area contributed by atoms with Gasteiger partial charge in [0.25, 0.3) is 0 Å². The summed E-state index contributed by atoms with van der Waals surface area (Å²) in [5.74, 6) is 1.34. The minimum absolute atomic E-state index is 0.0498. The third-order valence-electron chi connectivity index (χ3n) is 4.23. The zero-order valence-electron chi connectivity index (χ0n) is 15.3. The van der Waals surface area contributed by atoms with Gasteiger partial charge in [0.1, 0.15) is 10.6 Å². The first-order valence-electron chi connectivity index (χ1n) is 8.96. The Morgan fingerprint density at radius 3 is 2.61 bits per heavy atom. The van der Waals surface area contributed by atoms with Gasteiger partial charge in [0.15, 0.2) is 5.82 Å². The molecule has 140 valence electrons. The molecule has 7 heteroatoms. The van der Waals surface area contributed by atoms with Gasteiger partial charge in [0, 0.05) is 48.9 Å². The number of nitrogens with zero attached hydrogens (tertiary/aromatic N) is 3. The van der Waals surface area contributed by atoms with Crippen molar-refractivity contribution in [3.05, 3.63) is 60.2 Å². The SMILES string of the molecule is CC(=O)NCCNc1nc(-c2cccnc2)nc2scc(-c3ccccc3)c12. The summed E-state index contributed by atoms with van der Waals surface area (Å²) in [5, 5.41) is 9.27. The first-order valence-corrected chi connectivity index (χ1v) is 9.83. The summed E-state index contributed by atoms with van der Waals surface area (Å²) >= 11 is 1.59. The number of carbonyl (C=O) groups excluding carboxylic acids is 1. The summed E-state index contributed by atoms with van der Waals surface area (Å²) in [7, 11) is 0. The Morgan fingerprint density at radius 1 is 1.04 bits per heavy atom. The number of anilines is 1. The fourth-order valence-corrected chi connectivity index (χ4v) is 3.89. The lowest BCUT2D eigenvalue weighted by Gasteiger charge is -2.11. The van der Waals surface area contributed by atoms with Crippen molar-refractivity contribution in [3.63, 3.8) is 0 Å². The molecule has 0 aliphatic rings. The van der Waals surface area contributed by atoms with Crippen LogP contribution in [0.2, 0.25) is 0 Å². The number of thiophene rings is 1. The van der Waals surface area contributed by atoms with Crippen LogP contribution < -0.4 is 10.6 Å². The van der Waals surface area contributed by atoms with Gasteiger partial charge in [-0.25, -0.2) is 9.97 Å². The third-order valence-corrected chi connectivity index (χ3v) is 5.10. The minimum Gasteiger partial charge on any atom is -0.368 e. The summed E-state index contributed by atoms with van der Waals surface area (Å²) in [5.41, 5.74) is 3.08. The van der Waals surface area contributed by atoms with Gasteiger partial charge in [-0.15, -0.1) is 11.3 Å². The van der Waals surface area contributed by atoms with E-state index in [-0.39, 0.29) is 5.91 Å². The van der Waals surface area contributed by atoms with Crippen LogP contribution in [0.1, 0.15) is 6.92 Å². The van der Waals surface area contributed by atoms with Crippen LogP contribution in [0.3, 0.4) is 0 Å². The summed E-state index contributed by atoms with van der Waals surface area (Å²) in [6.07, 6.45) is 3.49. The molecule has 0 unspecified atom stereocenters. The predicted octanol–water partition coefficient (Wildman–Crippen LogP) is 3.97. The molecule has 4 rings (SSSR count). The molecule has 0 saturated carbocycles. The lowest BCUT2D eigenvalue weighted by atomic mass is 10.1. The Bertz CT molecular complexity index is 1100. The van der Waals surface area contributed by atoms with Crippen molar-refractivity contribution in [3.8, 4) is 22.5 Å². The van der Waals surface area contributed by atoms with E-state index in [4.69, 9.17) is 9.97 Å². The number of rotatable bonds is 6. The standard InChI is InChI=1S/C21H19N5OS/c1-14(27)23-10-11-24-20-18-17(15-6-3-2-4-7-15)13-28-21(18)26-19(25-20)16-8-5-9-22-12-16/h2-9,12-13H,10-11H2,1H3,(H,23,27)(H,24,25,26). The second kappa shape index (κ2) is 8.14. The highest BCUT2D eigenvalue weighted by atomic mass is 32.1. The lowest BCUT2D eigenvalue weighted by Crippen LogP contribution is -2.26. The number of nitrogens with one attached hydrogen (secondary N) is 2. The van der Waals surface area contributed by atoms with Crippen LogP contribution in [0.4, 0.5) is 5.82 Å². The molecule has 28 heavy (non-hydrogen) atoms. The maximum atomic E-state index is 11.1. The molecule has 0 spiro atoms. The molecule has 0 radical (unpaired) electrons. The molecule has 0 aliphatic carbocycles. The number of hydrogen-bond acceptors (Lipinski definition) is 6. The van der Waals surface area contributed by atoms with Gasteiger partial charge in [-0.1, -0.05) is 30.3 Å². The molecular weight excluding hydrogens is 370 g/mol. The van der Waals surface area contributed by atoms with Crippen LogP contribution in [0.5, 0.6) is 0 Å². The number of carbonyl (C=O) groups is 1. The first-order chi connectivity index (χ1) is 13.7. The van der Waals surface area contributed by atoms with Crippen molar-refractivity contribution in [1.29, 1.82) is 0 Å². The van der Waals surface area contributed by atoms with Gasteiger partial charge in [-0.2, -0.15) is 0 Å². The Hall–Kier alpha value is -3.32. The molecule has 3 aromatic heterocycles. The van der Waals surface area contributed by atoms with E-state index in [1.165, 1.54) is 6.92 Å². The van der Waals surface area contributed by atoms with E-state index in [0.717, 1.165) is 32.7 Å². The van der Waals surface area contributed by atoms with Crippen molar-refractivity contribution in [2.24, 2.45) is 0 Å². The van der Waals surface area contributed by atoms with Crippen molar-refractivity contribution < 1.29 is 4.79 Å². The number of hydrogen-bond donors (Lipinski definition) is 2. The molecule has 4 aromatic rings. The summed E-state index contributed by atoms with van der Waals surface area (Å²) in [6.45, 7) is 2.60.